The van der Waals surface area contributed by atoms with Crippen LogP contribution in [0.2, 0.25) is 0 Å². The van der Waals surface area contributed by atoms with Crippen molar-refractivity contribution in [1.29, 1.82) is 0 Å². The summed E-state index contributed by atoms with van der Waals surface area (Å²) in [5.41, 5.74) is 0.927. The zero-order chi connectivity index (χ0) is 11.5. The largest absolute Gasteiger partial charge is 0.505 e. The lowest BCUT2D eigenvalue weighted by Crippen LogP contribution is -2.22. The fourth-order valence-electron chi connectivity index (χ4n) is 2.05. The number of phenolic OH excluding ortho intramolecular Hbond substituents is 1. The van der Waals surface area contributed by atoms with Gasteiger partial charge in [0.2, 0.25) is 0 Å². The van der Waals surface area contributed by atoms with Crippen molar-refractivity contribution in [2.75, 3.05) is 20.2 Å². The lowest BCUT2D eigenvalue weighted by Gasteiger charge is -2.15. The molecule has 1 N–H and O–H groups in total. The van der Waals surface area contributed by atoms with Gasteiger partial charge in [-0.25, -0.2) is 4.39 Å². The third-order valence-corrected chi connectivity index (χ3v) is 2.98. The van der Waals surface area contributed by atoms with E-state index in [1.54, 1.807) is 13.2 Å². The molecule has 3 nitrogen and oxygen atoms in total. The fourth-order valence-corrected chi connectivity index (χ4v) is 2.05. The van der Waals surface area contributed by atoms with Crippen molar-refractivity contribution in [3.63, 3.8) is 0 Å². The summed E-state index contributed by atoms with van der Waals surface area (Å²) < 4.78 is 18.1. The van der Waals surface area contributed by atoms with E-state index in [-0.39, 0.29) is 5.75 Å². The predicted octanol–water partition coefficient (Wildman–Crippen LogP) is 1.75. The maximum atomic E-state index is 12.8. The summed E-state index contributed by atoms with van der Waals surface area (Å²) in [7, 11) is 1.72. The molecule has 0 radical (unpaired) electrons. The van der Waals surface area contributed by atoms with E-state index in [4.69, 9.17) is 4.74 Å². The number of ether oxygens (including phenoxy) is 1. The van der Waals surface area contributed by atoms with Crippen LogP contribution in [0.4, 0.5) is 4.39 Å². The summed E-state index contributed by atoms with van der Waals surface area (Å²) in [5.74, 6) is -0.847. The highest BCUT2D eigenvalue weighted by Crippen LogP contribution is 2.20. The molecule has 0 unspecified atom stereocenters. The van der Waals surface area contributed by atoms with Crippen LogP contribution in [0.5, 0.6) is 5.75 Å². The molecule has 2 rings (SSSR count). The second kappa shape index (κ2) is 4.80. The van der Waals surface area contributed by atoms with Crippen molar-refractivity contribution in [3.8, 4) is 5.75 Å². The van der Waals surface area contributed by atoms with E-state index in [9.17, 15) is 9.50 Å². The van der Waals surface area contributed by atoms with Gasteiger partial charge in [0, 0.05) is 26.7 Å². The second-order valence-electron chi connectivity index (χ2n) is 4.17. The summed E-state index contributed by atoms with van der Waals surface area (Å²) >= 11 is 0. The van der Waals surface area contributed by atoms with Gasteiger partial charge in [-0.2, -0.15) is 0 Å². The maximum absolute atomic E-state index is 12.8. The van der Waals surface area contributed by atoms with Gasteiger partial charge in [-0.05, 0) is 24.1 Å². The molecule has 1 atom stereocenters. The Balaban J connectivity index is 1.97. The van der Waals surface area contributed by atoms with E-state index in [0.29, 0.717) is 6.10 Å². The van der Waals surface area contributed by atoms with Crippen molar-refractivity contribution >= 4 is 0 Å². The van der Waals surface area contributed by atoms with Crippen molar-refractivity contribution in [1.82, 2.24) is 4.90 Å². The quantitative estimate of drug-likeness (QED) is 0.850. The summed E-state index contributed by atoms with van der Waals surface area (Å²) in [6.45, 7) is 2.61. The van der Waals surface area contributed by atoms with Gasteiger partial charge in [0.15, 0.2) is 11.6 Å². The Morgan fingerprint density at radius 1 is 1.56 bits per heavy atom. The van der Waals surface area contributed by atoms with E-state index in [1.807, 2.05) is 0 Å². The first-order chi connectivity index (χ1) is 7.69. The number of hydrogen-bond acceptors (Lipinski definition) is 3. The Bertz CT molecular complexity index is 370. The molecule has 0 saturated carbocycles. The van der Waals surface area contributed by atoms with Gasteiger partial charge in [-0.3, -0.25) is 4.90 Å². The zero-order valence-corrected chi connectivity index (χ0v) is 9.32. The van der Waals surface area contributed by atoms with Crippen LogP contribution in [-0.2, 0) is 11.3 Å². The number of rotatable bonds is 3. The molecule has 1 aromatic carbocycles. The van der Waals surface area contributed by atoms with Crippen LogP contribution < -0.4 is 0 Å². The number of aromatic hydroxyl groups is 1. The minimum atomic E-state index is -0.570. The highest BCUT2D eigenvalue weighted by atomic mass is 19.1. The van der Waals surface area contributed by atoms with Gasteiger partial charge < -0.3 is 9.84 Å². The zero-order valence-electron chi connectivity index (χ0n) is 9.32. The molecule has 1 aromatic rings. The van der Waals surface area contributed by atoms with Gasteiger partial charge in [0.1, 0.15) is 0 Å². The molecular weight excluding hydrogens is 209 g/mol. The van der Waals surface area contributed by atoms with E-state index in [0.717, 1.165) is 31.6 Å². The Labute approximate surface area is 94.4 Å². The number of methoxy groups -OCH3 is 1. The number of hydrogen-bond donors (Lipinski definition) is 1. The maximum Gasteiger partial charge on any atom is 0.164 e. The highest BCUT2D eigenvalue weighted by Gasteiger charge is 2.21. The number of likely N-dealkylation sites (tertiary alicyclic amines) is 1. The number of nitrogens with zero attached hydrogens (tertiary/aromatic N) is 1. The molecule has 1 saturated heterocycles. The first-order valence-electron chi connectivity index (χ1n) is 5.41. The molecule has 4 heteroatoms. The molecule has 0 aromatic heterocycles. The van der Waals surface area contributed by atoms with Gasteiger partial charge in [-0.15, -0.1) is 0 Å². The summed E-state index contributed by atoms with van der Waals surface area (Å²) in [5, 5.41) is 9.25. The van der Waals surface area contributed by atoms with Crippen LogP contribution in [0, 0.1) is 5.82 Å². The summed E-state index contributed by atoms with van der Waals surface area (Å²) in [4.78, 5) is 2.24. The van der Waals surface area contributed by atoms with E-state index in [2.05, 4.69) is 4.90 Å². The van der Waals surface area contributed by atoms with Crippen LogP contribution in [-0.4, -0.2) is 36.3 Å². The van der Waals surface area contributed by atoms with Crippen molar-refractivity contribution < 1.29 is 14.2 Å². The van der Waals surface area contributed by atoms with Crippen LogP contribution in [0.3, 0.4) is 0 Å². The Morgan fingerprint density at radius 2 is 2.38 bits per heavy atom. The molecule has 16 heavy (non-hydrogen) atoms. The summed E-state index contributed by atoms with van der Waals surface area (Å²) in [6, 6.07) is 4.49. The summed E-state index contributed by atoms with van der Waals surface area (Å²) in [6.07, 6.45) is 1.33. The molecule has 0 spiro atoms. The van der Waals surface area contributed by atoms with Crippen molar-refractivity contribution in [2.24, 2.45) is 0 Å². The molecule has 0 amide bonds. The number of phenols is 1. The van der Waals surface area contributed by atoms with Crippen molar-refractivity contribution in [2.45, 2.75) is 19.1 Å². The van der Waals surface area contributed by atoms with Crippen LogP contribution in [0.25, 0.3) is 0 Å². The first kappa shape index (κ1) is 11.4. The Kier molecular flexibility index (Phi) is 3.41. The third kappa shape index (κ3) is 2.51. The lowest BCUT2D eigenvalue weighted by molar-refractivity contribution is 0.107. The molecular formula is C12H16FNO2. The first-order valence-corrected chi connectivity index (χ1v) is 5.41. The molecule has 1 aliphatic heterocycles. The van der Waals surface area contributed by atoms with Gasteiger partial charge in [-0.1, -0.05) is 6.07 Å². The molecule has 88 valence electrons. The molecule has 0 aliphatic carbocycles. The topological polar surface area (TPSA) is 32.7 Å². The van der Waals surface area contributed by atoms with Gasteiger partial charge in [0.05, 0.1) is 6.10 Å². The van der Waals surface area contributed by atoms with Gasteiger partial charge >= 0.3 is 0 Å². The van der Waals surface area contributed by atoms with Crippen molar-refractivity contribution in [3.05, 3.63) is 29.6 Å². The Morgan fingerprint density at radius 3 is 3.00 bits per heavy atom. The average Bonchev–Trinajstić information content (AvgIpc) is 2.71. The standard InChI is InChI=1S/C12H16FNO2/c1-16-10-4-5-14(8-10)7-9-2-3-11(13)12(15)6-9/h2-3,6,10,15H,4-5,7-8H2,1H3/t10-/m0/s1. The molecule has 0 bridgehead atoms. The average molecular weight is 225 g/mol. The van der Waals surface area contributed by atoms with Gasteiger partial charge in [0.25, 0.3) is 0 Å². The van der Waals surface area contributed by atoms with E-state index in [1.165, 1.54) is 12.1 Å². The second-order valence-corrected chi connectivity index (χ2v) is 4.17. The number of halogens is 1. The molecule has 1 aliphatic rings. The minimum Gasteiger partial charge on any atom is -0.505 e. The smallest absolute Gasteiger partial charge is 0.164 e. The van der Waals surface area contributed by atoms with E-state index >= 15 is 0 Å². The number of benzene rings is 1. The van der Waals surface area contributed by atoms with Crippen LogP contribution >= 0.6 is 0 Å². The monoisotopic (exact) mass is 225 g/mol. The van der Waals surface area contributed by atoms with Crippen LogP contribution in [0.15, 0.2) is 18.2 Å². The highest BCUT2D eigenvalue weighted by molar-refractivity contribution is 5.28. The molecule has 1 heterocycles. The molecule has 1 fully saturated rings. The predicted molar refractivity (Wildman–Crippen MR) is 58.8 cm³/mol. The normalized spacial score (nSPS) is 21.5. The lowest BCUT2D eigenvalue weighted by atomic mass is 10.2. The third-order valence-electron chi connectivity index (χ3n) is 2.98. The van der Waals surface area contributed by atoms with E-state index < -0.39 is 5.82 Å². The minimum absolute atomic E-state index is 0.278. The Hall–Kier alpha value is -1.13. The van der Waals surface area contributed by atoms with Crippen LogP contribution in [0.1, 0.15) is 12.0 Å². The fraction of sp³-hybridized carbons (Fsp3) is 0.500. The SMILES string of the molecule is CO[C@H]1CCN(Cc2ccc(F)c(O)c2)C1.